The summed E-state index contributed by atoms with van der Waals surface area (Å²) in [4.78, 5) is 39.8. The molecule has 0 spiro atoms. The number of fused-ring (bicyclic) bond motifs is 1. The summed E-state index contributed by atoms with van der Waals surface area (Å²) in [5.41, 5.74) is 1.68. The summed E-state index contributed by atoms with van der Waals surface area (Å²) < 4.78 is 15.9. The molecule has 2 aromatic rings. The standard InChI is InChI=1S/C22H27N3O6S/c1-5-25(10-14-7-8-15-16(9-14)31-12-30-15)11-17(26)24-21-18(22(28)29-6-2)13(3)19(32-21)20(27)23-4/h7-9H,5-6,10-12H2,1-4H3,(H,23,27)(H,24,26). The maximum Gasteiger partial charge on any atom is 0.341 e. The topological polar surface area (TPSA) is 106 Å². The van der Waals surface area contributed by atoms with E-state index >= 15 is 0 Å². The maximum absolute atomic E-state index is 12.8. The first kappa shape index (κ1) is 23.6. The summed E-state index contributed by atoms with van der Waals surface area (Å²) in [6, 6.07) is 5.69. The van der Waals surface area contributed by atoms with E-state index in [0.717, 1.165) is 16.9 Å². The number of nitrogens with one attached hydrogen (secondary N) is 2. The van der Waals surface area contributed by atoms with Gasteiger partial charge in [0.2, 0.25) is 12.7 Å². The van der Waals surface area contributed by atoms with E-state index in [2.05, 4.69) is 10.6 Å². The quantitative estimate of drug-likeness (QED) is 0.553. The van der Waals surface area contributed by atoms with Crippen LogP contribution in [-0.2, 0) is 16.1 Å². The largest absolute Gasteiger partial charge is 0.462 e. The fourth-order valence-electron chi connectivity index (χ4n) is 3.33. The van der Waals surface area contributed by atoms with Gasteiger partial charge >= 0.3 is 5.97 Å². The lowest BCUT2D eigenvalue weighted by Gasteiger charge is -2.20. The lowest BCUT2D eigenvalue weighted by Crippen LogP contribution is -2.32. The summed E-state index contributed by atoms with van der Waals surface area (Å²) in [6.45, 7) is 7.02. The van der Waals surface area contributed by atoms with Gasteiger partial charge in [-0.15, -0.1) is 11.3 Å². The van der Waals surface area contributed by atoms with Crippen molar-refractivity contribution in [3.05, 3.63) is 39.8 Å². The molecule has 1 aromatic carbocycles. The first-order valence-corrected chi connectivity index (χ1v) is 11.1. The fourth-order valence-corrected chi connectivity index (χ4v) is 4.48. The Balaban J connectivity index is 1.73. The zero-order valence-electron chi connectivity index (χ0n) is 18.6. The molecule has 1 aliphatic rings. The molecule has 0 fully saturated rings. The average molecular weight is 462 g/mol. The number of ether oxygens (including phenoxy) is 3. The number of benzene rings is 1. The molecule has 2 N–H and O–H groups in total. The molecule has 9 nitrogen and oxygen atoms in total. The van der Waals surface area contributed by atoms with Crippen LogP contribution >= 0.6 is 11.3 Å². The van der Waals surface area contributed by atoms with Crippen LogP contribution in [0.3, 0.4) is 0 Å². The number of likely N-dealkylation sites (N-methyl/N-ethyl adjacent to an activating group) is 1. The Morgan fingerprint density at radius 2 is 1.94 bits per heavy atom. The van der Waals surface area contributed by atoms with Crippen molar-refractivity contribution in [2.24, 2.45) is 0 Å². The summed E-state index contributed by atoms with van der Waals surface area (Å²) in [5.74, 6) is 0.220. The van der Waals surface area contributed by atoms with Gasteiger partial charge in [-0.05, 0) is 43.7 Å². The Kier molecular flexibility index (Phi) is 7.70. The SMILES string of the molecule is CCOC(=O)c1c(NC(=O)CN(CC)Cc2ccc3c(c2)OCO3)sc(C(=O)NC)c1C. The van der Waals surface area contributed by atoms with Gasteiger partial charge in [0.25, 0.3) is 5.91 Å². The Morgan fingerprint density at radius 1 is 1.19 bits per heavy atom. The van der Waals surface area contributed by atoms with Crippen LogP contribution < -0.4 is 20.1 Å². The van der Waals surface area contributed by atoms with E-state index in [1.165, 1.54) is 7.05 Å². The van der Waals surface area contributed by atoms with Crippen LogP contribution in [0, 0.1) is 6.92 Å². The van der Waals surface area contributed by atoms with Gasteiger partial charge in [0.1, 0.15) is 5.00 Å². The maximum atomic E-state index is 12.8. The van der Waals surface area contributed by atoms with Gasteiger partial charge in [-0.25, -0.2) is 4.79 Å². The predicted molar refractivity (Wildman–Crippen MR) is 121 cm³/mol. The van der Waals surface area contributed by atoms with E-state index < -0.39 is 5.97 Å². The number of hydrogen-bond donors (Lipinski definition) is 2. The molecule has 1 aromatic heterocycles. The molecule has 0 aliphatic carbocycles. The highest BCUT2D eigenvalue weighted by Crippen LogP contribution is 2.34. The van der Waals surface area contributed by atoms with Gasteiger partial charge in [0.15, 0.2) is 11.5 Å². The van der Waals surface area contributed by atoms with Crippen molar-refractivity contribution >= 4 is 34.1 Å². The van der Waals surface area contributed by atoms with Gasteiger partial charge in [-0.2, -0.15) is 0 Å². The van der Waals surface area contributed by atoms with Crippen LogP contribution in [0.25, 0.3) is 0 Å². The number of nitrogens with zero attached hydrogens (tertiary/aromatic N) is 1. The number of rotatable bonds is 9. The lowest BCUT2D eigenvalue weighted by atomic mass is 10.1. The third-order valence-corrected chi connectivity index (χ3v) is 6.18. The summed E-state index contributed by atoms with van der Waals surface area (Å²) in [7, 11) is 1.51. The summed E-state index contributed by atoms with van der Waals surface area (Å²) >= 11 is 1.06. The van der Waals surface area contributed by atoms with Crippen molar-refractivity contribution in [1.82, 2.24) is 10.2 Å². The normalized spacial score (nSPS) is 12.0. The van der Waals surface area contributed by atoms with Gasteiger partial charge in [0, 0.05) is 13.6 Å². The Bertz CT molecular complexity index is 1020. The number of thiophene rings is 1. The number of carbonyl (C=O) groups excluding carboxylic acids is 3. The third kappa shape index (κ3) is 5.20. The zero-order chi connectivity index (χ0) is 23.3. The first-order chi connectivity index (χ1) is 15.4. The first-order valence-electron chi connectivity index (χ1n) is 10.3. The molecule has 172 valence electrons. The van der Waals surface area contributed by atoms with Crippen LogP contribution in [-0.4, -0.2) is 56.2 Å². The highest BCUT2D eigenvalue weighted by Gasteiger charge is 2.26. The van der Waals surface area contributed by atoms with Crippen molar-refractivity contribution in [3.63, 3.8) is 0 Å². The van der Waals surface area contributed by atoms with Crippen molar-refractivity contribution in [2.75, 3.05) is 38.9 Å². The molecule has 2 amide bonds. The molecule has 10 heteroatoms. The number of esters is 1. The molecule has 2 heterocycles. The van der Waals surface area contributed by atoms with Crippen molar-refractivity contribution in [3.8, 4) is 11.5 Å². The Morgan fingerprint density at radius 3 is 2.62 bits per heavy atom. The molecule has 0 saturated carbocycles. The smallest absolute Gasteiger partial charge is 0.341 e. The van der Waals surface area contributed by atoms with Crippen LogP contribution in [0.2, 0.25) is 0 Å². The highest BCUT2D eigenvalue weighted by atomic mass is 32.1. The van der Waals surface area contributed by atoms with Crippen molar-refractivity contribution in [2.45, 2.75) is 27.3 Å². The number of amides is 2. The molecule has 0 atom stereocenters. The molecule has 0 bridgehead atoms. The van der Waals surface area contributed by atoms with Crippen LogP contribution in [0.5, 0.6) is 11.5 Å². The minimum absolute atomic E-state index is 0.111. The fraction of sp³-hybridized carbons (Fsp3) is 0.409. The van der Waals surface area contributed by atoms with Crippen LogP contribution in [0.1, 0.15) is 45.0 Å². The van der Waals surface area contributed by atoms with E-state index in [0.29, 0.717) is 40.0 Å². The molecular formula is C22H27N3O6S. The minimum Gasteiger partial charge on any atom is -0.462 e. The molecule has 3 rings (SSSR count). The molecule has 1 aliphatic heterocycles. The van der Waals surface area contributed by atoms with Crippen LogP contribution in [0.15, 0.2) is 18.2 Å². The van der Waals surface area contributed by atoms with E-state index in [1.54, 1.807) is 13.8 Å². The highest BCUT2D eigenvalue weighted by molar-refractivity contribution is 7.18. The zero-order valence-corrected chi connectivity index (χ0v) is 19.4. The average Bonchev–Trinajstić information content (AvgIpc) is 3.36. The van der Waals surface area contributed by atoms with Gasteiger partial charge in [0.05, 0.1) is 23.6 Å². The second-order valence-corrected chi connectivity index (χ2v) is 8.12. The molecule has 0 radical (unpaired) electrons. The number of anilines is 1. The number of hydrogen-bond acceptors (Lipinski definition) is 8. The second kappa shape index (κ2) is 10.5. The van der Waals surface area contributed by atoms with E-state index in [1.807, 2.05) is 30.0 Å². The van der Waals surface area contributed by atoms with Gasteiger partial charge in [-0.3, -0.25) is 14.5 Å². The second-order valence-electron chi connectivity index (χ2n) is 7.10. The van der Waals surface area contributed by atoms with Crippen molar-refractivity contribution < 1.29 is 28.6 Å². The van der Waals surface area contributed by atoms with Crippen molar-refractivity contribution in [1.29, 1.82) is 0 Å². The third-order valence-electron chi connectivity index (χ3n) is 4.97. The lowest BCUT2D eigenvalue weighted by molar-refractivity contribution is -0.117. The molecule has 0 saturated heterocycles. The Hall–Kier alpha value is -3.11. The summed E-state index contributed by atoms with van der Waals surface area (Å²) in [6.07, 6.45) is 0. The molecular weight excluding hydrogens is 434 g/mol. The number of carbonyl (C=O) groups is 3. The van der Waals surface area contributed by atoms with E-state index in [9.17, 15) is 14.4 Å². The summed E-state index contributed by atoms with van der Waals surface area (Å²) in [5, 5.41) is 5.66. The van der Waals surface area contributed by atoms with Gasteiger partial charge < -0.3 is 24.8 Å². The molecule has 0 unspecified atom stereocenters. The van der Waals surface area contributed by atoms with E-state index in [4.69, 9.17) is 14.2 Å². The molecule has 32 heavy (non-hydrogen) atoms. The monoisotopic (exact) mass is 461 g/mol. The minimum atomic E-state index is -0.570. The predicted octanol–water partition coefficient (Wildman–Crippen LogP) is 2.78. The van der Waals surface area contributed by atoms with Crippen LogP contribution in [0.4, 0.5) is 5.00 Å². The van der Waals surface area contributed by atoms with E-state index in [-0.39, 0.29) is 37.3 Å². The Labute approximate surface area is 190 Å². The van der Waals surface area contributed by atoms with Gasteiger partial charge in [-0.1, -0.05) is 13.0 Å².